The van der Waals surface area contributed by atoms with Crippen LogP contribution in [0.4, 0.5) is 20.2 Å². The number of esters is 1. The van der Waals surface area contributed by atoms with Gasteiger partial charge in [0.1, 0.15) is 6.54 Å². The SMILES string of the molecule is COC(=O)c1ccc(Cl)c(NC(=O)CN(c2ccc(F)c(F)c2)S(C)(=O)=O)c1. The first kappa shape index (κ1) is 21.6. The van der Waals surface area contributed by atoms with Gasteiger partial charge < -0.3 is 10.1 Å². The van der Waals surface area contributed by atoms with Crippen LogP contribution < -0.4 is 9.62 Å². The van der Waals surface area contributed by atoms with Crippen LogP contribution in [0.25, 0.3) is 0 Å². The van der Waals surface area contributed by atoms with Gasteiger partial charge in [0.25, 0.3) is 0 Å². The maximum atomic E-state index is 13.5. The molecule has 0 aromatic heterocycles. The fourth-order valence-electron chi connectivity index (χ4n) is 2.23. The summed E-state index contributed by atoms with van der Waals surface area (Å²) in [6.07, 6.45) is 0.812. The Morgan fingerprint density at radius 1 is 1.14 bits per heavy atom. The van der Waals surface area contributed by atoms with Crippen molar-refractivity contribution in [3.63, 3.8) is 0 Å². The number of rotatable bonds is 6. The van der Waals surface area contributed by atoms with Crippen LogP contribution in [0.2, 0.25) is 5.02 Å². The number of ether oxygens (including phenoxy) is 1. The summed E-state index contributed by atoms with van der Waals surface area (Å²) in [5.74, 6) is -3.90. The zero-order valence-corrected chi connectivity index (χ0v) is 16.3. The van der Waals surface area contributed by atoms with E-state index >= 15 is 0 Å². The minimum Gasteiger partial charge on any atom is -0.465 e. The zero-order chi connectivity index (χ0) is 21.1. The van der Waals surface area contributed by atoms with Crippen LogP contribution >= 0.6 is 11.6 Å². The first-order valence-electron chi connectivity index (χ1n) is 7.63. The summed E-state index contributed by atoms with van der Waals surface area (Å²) < 4.78 is 55.8. The Bertz CT molecular complexity index is 1030. The number of hydrogen-bond acceptors (Lipinski definition) is 5. The second-order valence-corrected chi connectivity index (χ2v) is 7.92. The highest BCUT2D eigenvalue weighted by Crippen LogP contribution is 2.24. The molecule has 0 bridgehead atoms. The molecule has 0 unspecified atom stereocenters. The molecule has 0 saturated carbocycles. The van der Waals surface area contributed by atoms with Gasteiger partial charge in [-0.05, 0) is 30.3 Å². The topological polar surface area (TPSA) is 92.8 Å². The second-order valence-electron chi connectivity index (χ2n) is 5.60. The molecular weight excluding hydrogens is 418 g/mol. The number of carbonyl (C=O) groups is 2. The lowest BCUT2D eigenvalue weighted by Crippen LogP contribution is -2.37. The predicted octanol–water partition coefficient (Wildman–Crippen LogP) is 2.81. The molecule has 150 valence electrons. The van der Waals surface area contributed by atoms with Crippen molar-refractivity contribution in [2.75, 3.05) is 29.5 Å². The molecule has 0 aliphatic carbocycles. The Balaban J connectivity index is 2.28. The zero-order valence-electron chi connectivity index (χ0n) is 14.7. The minimum atomic E-state index is -3.99. The smallest absolute Gasteiger partial charge is 0.337 e. The molecule has 0 heterocycles. The van der Waals surface area contributed by atoms with E-state index in [0.717, 1.165) is 18.4 Å². The molecule has 0 spiro atoms. The molecule has 0 aliphatic rings. The van der Waals surface area contributed by atoms with Crippen LogP contribution in [0.1, 0.15) is 10.4 Å². The molecule has 2 aromatic rings. The van der Waals surface area contributed by atoms with E-state index in [9.17, 15) is 26.8 Å². The maximum Gasteiger partial charge on any atom is 0.337 e. The summed E-state index contributed by atoms with van der Waals surface area (Å²) in [5, 5.41) is 2.47. The largest absolute Gasteiger partial charge is 0.465 e. The number of hydrogen-bond donors (Lipinski definition) is 1. The molecule has 1 N–H and O–H groups in total. The van der Waals surface area contributed by atoms with Crippen molar-refractivity contribution in [2.45, 2.75) is 0 Å². The fraction of sp³-hybridized carbons (Fsp3) is 0.176. The molecule has 0 aliphatic heterocycles. The lowest BCUT2D eigenvalue weighted by molar-refractivity contribution is -0.114. The molecule has 2 aromatic carbocycles. The molecule has 0 radical (unpaired) electrons. The number of nitrogens with one attached hydrogen (secondary N) is 1. The van der Waals surface area contributed by atoms with Gasteiger partial charge in [-0.3, -0.25) is 9.10 Å². The Morgan fingerprint density at radius 3 is 2.39 bits per heavy atom. The maximum absolute atomic E-state index is 13.5. The monoisotopic (exact) mass is 432 g/mol. The number of benzene rings is 2. The van der Waals surface area contributed by atoms with Crippen molar-refractivity contribution < 1.29 is 31.5 Å². The molecule has 0 atom stereocenters. The van der Waals surface area contributed by atoms with Gasteiger partial charge in [-0.25, -0.2) is 22.0 Å². The van der Waals surface area contributed by atoms with Crippen LogP contribution in [0, 0.1) is 11.6 Å². The number of halogens is 3. The molecule has 2 rings (SSSR count). The third kappa shape index (κ3) is 5.17. The van der Waals surface area contributed by atoms with Crippen molar-refractivity contribution >= 4 is 44.9 Å². The Labute approximate surface area is 164 Å². The van der Waals surface area contributed by atoms with E-state index < -0.39 is 40.1 Å². The minimum absolute atomic E-state index is 0.0494. The van der Waals surface area contributed by atoms with Crippen LogP contribution in [-0.2, 0) is 19.6 Å². The fourth-order valence-corrected chi connectivity index (χ4v) is 3.24. The third-order valence-corrected chi connectivity index (χ3v) is 5.01. The Kier molecular flexibility index (Phi) is 6.57. The normalized spacial score (nSPS) is 11.0. The van der Waals surface area contributed by atoms with Gasteiger partial charge in [-0.15, -0.1) is 0 Å². The van der Waals surface area contributed by atoms with Crippen molar-refractivity contribution in [1.82, 2.24) is 0 Å². The van der Waals surface area contributed by atoms with Crippen LogP contribution in [-0.4, -0.2) is 40.2 Å². The highest BCUT2D eigenvalue weighted by atomic mass is 35.5. The Hall–Kier alpha value is -2.72. The number of carbonyl (C=O) groups excluding carboxylic acids is 2. The van der Waals surface area contributed by atoms with Crippen LogP contribution in [0.3, 0.4) is 0 Å². The van der Waals surface area contributed by atoms with Gasteiger partial charge in [0.05, 0.1) is 35.3 Å². The van der Waals surface area contributed by atoms with Gasteiger partial charge >= 0.3 is 5.97 Å². The highest BCUT2D eigenvalue weighted by Gasteiger charge is 2.23. The quantitative estimate of drug-likeness (QED) is 0.708. The van der Waals surface area contributed by atoms with E-state index in [1.807, 2.05) is 0 Å². The summed E-state index contributed by atoms with van der Waals surface area (Å²) in [4.78, 5) is 23.9. The highest BCUT2D eigenvalue weighted by molar-refractivity contribution is 7.92. The average molecular weight is 433 g/mol. The van der Waals surface area contributed by atoms with Crippen LogP contribution in [0.5, 0.6) is 0 Å². The van der Waals surface area contributed by atoms with Gasteiger partial charge in [-0.1, -0.05) is 11.6 Å². The lowest BCUT2D eigenvalue weighted by Gasteiger charge is -2.22. The van der Waals surface area contributed by atoms with Gasteiger partial charge in [0.15, 0.2) is 11.6 Å². The number of amides is 1. The third-order valence-electron chi connectivity index (χ3n) is 3.54. The first-order chi connectivity index (χ1) is 13.0. The van der Waals surface area contributed by atoms with Crippen molar-refractivity contribution in [1.29, 1.82) is 0 Å². The number of sulfonamides is 1. The molecule has 0 saturated heterocycles. The van der Waals surface area contributed by atoms with Crippen molar-refractivity contribution in [2.24, 2.45) is 0 Å². The second kappa shape index (κ2) is 8.53. The van der Waals surface area contributed by atoms with E-state index in [-0.39, 0.29) is 22.0 Å². The molecule has 11 heteroatoms. The summed E-state index contributed by atoms with van der Waals surface area (Å²) >= 11 is 5.98. The van der Waals surface area contributed by atoms with Gasteiger partial charge in [-0.2, -0.15) is 0 Å². The predicted molar refractivity (Wildman–Crippen MR) is 100.0 cm³/mol. The van der Waals surface area contributed by atoms with E-state index in [4.69, 9.17) is 11.6 Å². The number of anilines is 2. The molecule has 28 heavy (non-hydrogen) atoms. The van der Waals surface area contributed by atoms with E-state index in [2.05, 4.69) is 10.1 Å². The standard InChI is InChI=1S/C17H15ClF2N2O5S/c1-27-17(24)10-3-5-12(18)15(7-10)21-16(23)9-22(28(2,25)26)11-4-6-13(19)14(20)8-11/h3-8H,9H2,1-2H3,(H,21,23). The van der Waals surface area contributed by atoms with Gasteiger partial charge in [0, 0.05) is 6.07 Å². The van der Waals surface area contributed by atoms with E-state index in [1.165, 1.54) is 25.3 Å². The van der Waals surface area contributed by atoms with Crippen molar-refractivity contribution in [3.8, 4) is 0 Å². The number of methoxy groups -OCH3 is 1. The summed E-state index contributed by atoms with van der Waals surface area (Å²) in [7, 11) is -2.81. The average Bonchev–Trinajstić information content (AvgIpc) is 2.62. The van der Waals surface area contributed by atoms with E-state index in [1.54, 1.807) is 0 Å². The molecular formula is C17H15ClF2N2O5S. The van der Waals surface area contributed by atoms with E-state index in [0.29, 0.717) is 10.4 Å². The lowest BCUT2D eigenvalue weighted by atomic mass is 10.2. The number of nitrogens with zero attached hydrogens (tertiary/aromatic N) is 1. The molecule has 7 nitrogen and oxygen atoms in total. The first-order valence-corrected chi connectivity index (χ1v) is 9.86. The Morgan fingerprint density at radius 2 is 1.82 bits per heavy atom. The van der Waals surface area contributed by atoms with Crippen molar-refractivity contribution in [3.05, 3.63) is 58.6 Å². The molecule has 1 amide bonds. The summed E-state index contributed by atoms with van der Waals surface area (Å²) in [6, 6.07) is 6.43. The van der Waals surface area contributed by atoms with Crippen LogP contribution in [0.15, 0.2) is 36.4 Å². The molecule has 0 fully saturated rings. The van der Waals surface area contributed by atoms with Gasteiger partial charge in [0.2, 0.25) is 15.9 Å². The summed E-state index contributed by atoms with van der Waals surface area (Å²) in [6.45, 7) is -0.733. The summed E-state index contributed by atoms with van der Waals surface area (Å²) in [5.41, 5.74) is -0.0676.